The number of rotatable bonds is 7. The van der Waals surface area contributed by atoms with Crippen LogP contribution in [0.3, 0.4) is 0 Å². The number of para-hydroxylation sites is 1. The monoisotopic (exact) mass is 422 g/mol. The van der Waals surface area contributed by atoms with Crippen LogP contribution in [0.2, 0.25) is 0 Å². The fraction of sp³-hybridized carbons (Fsp3) is 0.480. The van der Waals surface area contributed by atoms with Crippen molar-refractivity contribution in [2.75, 3.05) is 59.1 Å². The number of morpholine rings is 1. The fourth-order valence-corrected chi connectivity index (χ4v) is 4.36. The van der Waals surface area contributed by atoms with Gasteiger partial charge < -0.3 is 19.7 Å². The number of nitrogens with zero attached hydrogens (tertiary/aromatic N) is 3. The van der Waals surface area contributed by atoms with E-state index in [4.69, 9.17) is 14.5 Å². The van der Waals surface area contributed by atoms with E-state index in [1.54, 1.807) is 0 Å². The van der Waals surface area contributed by atoms with Gasteiger partial charge in [0.05, 0.1) is 19.8 Å². The Bertz CT molecular complexity index is 836. The molecule has 31 heavy (non-hydrogen) atoms. The lowest BCUT2D eigenvalue weighted by atomic mass is 10.1. The predicted octanol–water partition coefficient (Wildman–Crippen LogP) is 3.10. The highest BCUT2D eigenvalue weighted by atomic mass is 16.5. The quantitative estimate of drug-likeness (QED) is 0.422. The minimum atomic E-state index is 0.555. The van der Waals surface area contributed by atoms with Crippen LogP contribution in [0.4, 0.5) is 0 Å². The van der Waals surface area contributed by atoms with Crippen LogP contribution in [-0.4, -0.2) is 80.9 Å². The van der Waals surface area contributed by atoms with E-state index >= 15 is 0 Å². The molecule has 0 saturated carbocycles. The first-order valence-corrected chi connectivity index (χ1v) is 11.5. The third-order valence-corrected chi connectivity index (χ3v) is 5.94. The average molecular weight is 423 g/mol. The normalized spacial score (nSPS) is 20.1. The minimum Gasteiger partial charge on any atom is -0.491 e. The largest absolute Gasteiger partial charge is 0.491 e. The summed E-state index contributed by atoms with van der Waals surface area (Å²) >= 11 is 0. The molecule has 2 aromatic carbocycles. The summed E-state index contributed by atoms with van der Waals surface area (Å²) in [6.45, 7) is 10.0. The standard InChI is InChI=1S/C25H34N4O2/c1-2-26-25(29-14-12-22(20-29)28-15-18-30-19-16-28)27-13-17-31-24-11-7-6-10-23(24)21-8-4-3-5-9-21/h3-11,22H,2,12-20H2,1H3,(H,26,27). The first-order chi connectivity index (χ1) is 15.3. The maximum absolute atomic E-state index is 6.12. The van der Waals surface area contributed by atoms with Crippen molar-refractivity contribution < 1.29 is 9.47 Å². The van der Waals surface area contributed by atoms with Crippen LogP contribution >= 0.6 is 0 Å². The number of hydrogen-bond acceptors (Lipinski definition) is 4. The van der Waals surface area contributed by atoms with Crippen molar-refractivity contribution in [3.63, 3.8) is 0 Å². The third-order valence-electron chi connectivity index (χ3n) is 5.94. The van der Waals surface area contributed by atoms with Gasteiger partial charge in [-0.25, -0.2) is 4.99 Å². The summed E-state index contributed by atoms with van der Waals surface area (Å²) < 4.78 is 11.6. The zero-order valence-electron chi connectivity index (χ0n) is 18.5. The van der Waals surface area contributed by atoms with Crippen LogP contribution < -0.4 is 10.1 Å². The zero-order chi connectivity index (χ0) is 21.3. The van der Waals surface area contributed by atoms with Crippen molar-refractivity contribution in [1.29, 1.82) is 0 Å². The van der Waals surface area contributed by atoms with Crippen molar-refractivity contribution in [3.8, 4) is 16.9 Å². The van der Waals surface area contributed by atoms with Gasteiger partial charge in [-0.05, 0) is 25.0 Å². The van der Waals surface area contributed by atoms with Gasteiger partial charge in [-0.3, -0.25) is 4.90 Å². The SMILES string of the molecule is CCNC(=NCCOc1ccccc1-c1ccccc1)N1CCC(N2CCOCC2)C1. The lowest BCUT2D eigenvalue weighted by Crippen LogP contribution is -2.46. The van der Waals surface area contributed by atoms with Gasteiger partial charge in [0.15, 0.2) is 5.96 Å². The Morgan fingerprint density at radius 1 is 1.06 bits per heavy atom. The number of guanidine groups is 1. The Morgan fingerprint density at radius 2 is 1.84 bits per heavy atom. The predicted molar refractivity (Wildman–Crippen MR) is 126 cm³/mol. The molecule has 6 heteroatoms. The molecule has 0 aliphatic carbocycles. The number of likely N-dealkylation sites (tertiary alicyclic amines) is 1. The van der Waals surface area contributed by atoms with Crippen molar-refractivity contribution >= 4 is 5.96 Å². The molecule has 2 saturated heterocycles. The molecule has 2 aliphatic heterocycles. The van der Waals surface area contributed by atoms with Crippen LogP contribution in [0.5, 0.6) is 5.75 Å². The second-order valence-electron chi connectivity index (χ2n) is 7.98. The Labute approximate surface area is 185 Å². The lowest BCUT2D eigenvalue weighted by Gasteiger charge is -2.32. The number of ether oxygens (including phenoxy) is 2. The molecule has 166 valence electrons. The molecule has 1 N–H and O–H groups in total. The van der Waals surface area contributed by atoms with Gasteiger partial charge in [0.2, 0.25) is 0 Å². The van der Waals surface area contributed by atoms with Crippen molar-refractivity contribution in [3.05, 3.63) is 54.6 Å². The van der Waals surface area contributed by atoms with Crippen LogP contribution in [0, 0.1) is 0 Å². The molecule has 1 atom stereocenters. The van der Waals surface area contributed by atoms with E-state index in [2.05, 4.69) is 58.4 Å². The Hall–Kier alpha value is -2.57. The average Bonchev–Trinajstić information content (AvgIpc) is 3.33. The molecule has 2 aromatic rings. The molecule has 2 fully saturated rings. The van der Waals surface area contributed by atoms with Crippen LogP contribution in [-0.2, 0) is 4.74 Å². The van der Waals surface area contributed by atoms with E-state index in [9.17, 15) is 0 Å². The Kier molecular flexibility index (Phi) is 7.80. The summed E-state index contributed by atoms with van der Waals surface area (Å²) in [5, 5.41) is 3.46. The minimum absolute atomic E-state index is 0.555. The Balaban J connectivity index is 1.33. The van der Waals surface area contributed by atoms with Gasteiger partial charge in [-0.1, -0.05) is 48.5 Å². The molecule has 0 aromatic heterocycles. The second-order valence-corrected chi connectivity index (χ2v) is 7.98. The van der Waals surface area contributed by atoms with Gasteiger partial charge in [-0.15, -0.1) is 0 Å². The fourth-order valence-electron chi connectivity index (χ4n) is 4.36. The van der Waals surface area contributed by atoms with Gasteiger partial charge in [0.25, 0.3) is 0 Å². The smallest absolute Gasteiger partial charge is 0.194 e. The summed E-state index contributed by atoms with van der Waals surface area (Å²) in [4.78, 5) is 9.81. The molecular weight excluding hydrogens is 388 g/mol. The maximum Gasteiger partial charge on any atom is 0.194 e. The Morgan fingerprint density at radius 3 is 2.65 bits per heavy atom. The summed E-state index contributed by atoms with van der Waals surface area (Å²) in [5.41, 5.74) is 2.29. The number of nitrogens with one attached hydrogen (secondary N) is 1. The molecule has 2 heterocycles. The van der Waals surface area contributed by atoms with E-state index in [0.29, 0.717) is 19.2 Å². The van der Waals surface area contributed by atoms with Crippen molar-refractivity contribution in [2.24, 2.45) is 4.99 Å². The van der Waals surface area contributed by atoms with Gasteiger partial charge in [0, 0.05) is 44.3 Å². The van der Waals surface area contributed by atoms with E-state index in [1.165, 1.54) is 12.0 Å². The summed E-state index contributed by atoms with van der Waals surface area (Å²) in [5.74, 6) is 1.90. The van der Waals surface area contributed by atoms with Gasteiger partial charge in [0.1, 0.15) is 12.4 Å². The topological polar surface area (TPSA) is 49.3 Å². The van der Waals surface area contributed by atoms with E-state index in [1.807, 2.05) is 18.2 Å². The molecule has 0 spiro atoms. The summed E-state index contributed by atoms with van der Waals surface area (Å²) in [6.07, 6.45) is 1.19. The number of hydrogen-bond donors (Lipinski definition) is 1. The number of aliphatic imine (C=N–C) groups is 1. The third kappa shape index (κ3) is 5.77. The molecule has 2 aliphatic rings. The van der Waals surface area contributed by atoms with Crippen LogP contribution in [0.25, 0.3) is 11.1 Å². The molecular formula is C25H34N4O2. The summed E-state index contributed by atoms with van der Waals surface area (Å²) in [6, 6.07) is 19.2. The molecule has 4 rings (SSSR count). The second kappa shape index (κ2) is 11.2. The molecule has 0 bridgehead atoms. The maximum atomic E-state index is 6.12. The van der Waals surface area contributed by atoms with Crippen molar-refractivity contribution in [1.82, 2.24) is 15.1 Å². The van der Waals surface area contributed by atoms with Crippen LogP contribution in [0.15, 0.2) is 59.6 Å². The van der Waals surface area contributed by atoms with E-state index in [-0.39, 0.29) is 0 Å². The molecule has 1 unspecified atom stereocenters. The zero-order valence-corrected chi connectivity index (χ0v) is 18.5. The van der Waals surface area contributed by atoms with E-state index < -0.39 is 0 Å². The van der Waals surface area contributed by atoms with Crippen LogP contribution in [0.1, 0.15) is 13.3 Å². The highest BCUT2D eigenvalue weighted by Gasteiger charge is 2.30. The van der Waals surface area contributed by atoms with E-state index in [0.717, 1.165) is 63.2 Å². The number of benzene rings is 2. The highest BCUT2D eigenvalue weighted by molar-refractivity contribution is 5.80. The summed E-state index contributed by atoms with van der Waals surface area (Å²) in [7, 11) is 0. The lowest BCUT2D eigenvalue weighted by molar-refractivity contribution is 0.0195. The highest BCUT2D eigenvalue weighted by Crippen LogP contribution is 2.29. The first-order valence-electron chi connectivity index (χ1n) is 11.5. The molecule has 0 amide bonds. The van der Waals surface area contributed by atoms with Crippen molar-refractivity contribution in [2.45, 2.75) is 19.4 Å². The molecule has 0 radical (unpaired) electrons. The first kappa shape index (κ1) is 21.7. The van der Waals surface area contributed by atoms with Gasteiger partial charge in [-0.2, -0.15) is 0 Å². The van der Waals surface area contributed by atoms with Gasteiger partial charge >= 0.3 is 0 Å². The molecule has 6 nitrogen and oxygen atoms in total.